The summed E-state index contributed by atoms with van der Waals surface area (Å²) < 4.78 is 4.87. The van der Waals surface area contributed by atoms with Crippen LogP contribution in [0.1, 0.15) is 20.1 Å². The van der Waals surface area contributed by atoms with Crippen molar-refractivity contribution < 1.29 is 9.53 Å². The van der Waals surface area contributed by atoms with Crippen molar-refractivity contribution in [3.63, 3.8) is 0 Å². The Balaban J connectivity index is 1.94. The largest absolute Gasteiger partial charge is 0.383 e. The number of methoxy groups -OCH3 is 1. The second-order valence-electron chi connectivity index (χ2n) is 3.30. The molecule has 2 heterocycles. The summed E-state index contributed by atoms with van der Waals surface area (Å²) in [6, 6.07) is 2.02. The van der Waals surface area contributed by atoms with Gasteiger partial charge in [0.05, 0.1) is 11.5 Å². The van der Waals surface area contributed by atoms with Gasteiger partial charge in [-0.3, -0.25) is 4.79 Å². The maximum absolute atomic E-state index is 11.7. The Labute approximate surface area is 97.2 Å². The number of amides is 1. The van der Waals surface area contributed by atoms with Crippen molar-refractivity contribution in [2.75, 3.05) is 20.3 Å². The maximum atomic E-state index is 11.7. The van der Waals surface area contributed by atoms with Gasteiger partial charge in [-0.15, -0.1) is 11.3 Å². The Morgan fingerprint density at radius 2 is 2.47 bits per heavy atom. The predicted octanol–water partition coefficient (Wildman–Crippen LogP) is 1.87. The molecule has 0 aromatic carbocycles. The zero-order valence-electron chi connectivity index (χ0n) is 8.54. The van der Waals surface area contributed by atoms with E-state index < -0.39 is 0 Å². The Bertz CT molecular complexity index is 341. The average molecular weight is 243 g/mol. The number of carbonyl (C=O) groups excluding carboxylic acids is 1. The van der Waals surface area contributed by atoms with Crippen LogP contribution in [0.3, 0.4) is 0 Å². The molecule has 0 unspecified atom stereocenters. The first-order chi connectivity index (χ1) is 7.31. The van der Waals surface area contributed by atoms with Crippen molar-refractivity contribution in [1.29, 1.82) is 0 Å². The number of thiophene rings is 1. The summed E-state index contributed by atoms with van der Waals surface area (Å²) in [5.41, 5.74) is 1.34. The number of nitrogens with one attached hydrogen (secondary N) is 1. The zero-order chi connectivity index (χ0) is 10.7. The van der Waals surface area contributed by atoms with E-state index in [9.17, 15) is 4.79 Å². The average Bonchev–Trinajstić information content (AvgIpc) is 2.76. The number of fused-ring (bicyclic) bond motifs is 1. The highest BCUT2D eigenvalue weighted by Crippen LogP contribution is 2.35. The van der Waals surface area contributed by atoms with Gasteiger partial charge in [-0.25, -0.2) is 0 Å². The third-order valence-electron chi connectivity index (χ3n) is 2.20. The SMILES string of the molecule is COCCNC(=O)c1cc2c(s1)CSC2. The minimum atomic E-state index is 0.0245. The van der Waals surface area contributed by atoms with Crippen molar-refractivity contribution in [3.8, 4) is 0 Å². The molecule has 5 heteroatoms. The fourth-order valence-electron chi connectivity index (χ4n) is 1.43. The summed E-state index contributed by atoms with van der Waals surface area (Å²) in [5.74, 6) is 2.14. The highest BCUT2D eigenvalue weighted by molar-refractivity contribution is 7.98. The van der Waals surface area contributed by atoms with Gasteiger partial charge in [-0.1, -0.05) is 0 Å². The third-order valence-corrected chi connectivity index (χ3v) is 4.57. The highest BCUT2D eigenvalue weighted by atomic mass is 32.2. The first-order valence-corrected chi connectivity index (χ1v) is 6.75. The maximum Gasteiger partial charge on any atom is 0.261 e. The summed E-state index contributed by atoms with van der Waals surface area (Å²) in [6.45, 7) is 1.14. The number of carbonyl (C=O) groups is 1. The molecule has 0 saturated carbocycles. The number of thioether (sulfide) groups is 1. The topological polar surface area (TPSA) is 38.3 Å². The molecule has 0 atom stereocenters. The van der Waals surface area contributed by atoms with E-state index >= 15 is 0 Å². The van der Waals surface area contributed by atoms with E-state index in [4.69, 9.17) is 4.74 Å². The zero-order valence-corrected chi connectivity index (χ0v) is 10.2. The first kappa shape index (κ1) is 11.0. The van der Waals surface area contributed by atoms with Gasteiger partial charge in [0.15, 0.2) is 0 Å². The Morgan fingerprint density at radius 3 is 3.20 bits per heavy atom. The molecule has 15 heavy (non-hydrogen) atoms. The minimum Gasteiger partial charge on any atom is -0.383 e. The third kappa shape index (κ3) is 2.53. The van der Waals surface area contributed by atoms with Crippen LogP contribution in [-0.2, 0) is 16.2 Å². The van der Waals surface area contributed by atoms with Crippen molar-refractivity contribution in [1.82, 2.24) is 5.32 Å². The van der Waals surface area contributed by atoms with E-state index in [2.05, 4.69) is 5.32 Å². The van der Waals surface area contributed by atoms with Crippen LogP contribution in [0.25, 0.3) is 0 Å². The van der Waals surface area contributed by atoms with Crippen molar-refractivity contribution in [2.45, 2.75) is 11.5 Å². The summed E-state index contributed by atoms with van der Waals surface area (Å²) in [4.78, 5) is 13.9. The molecule has 0 bridgehead atoms. The molecule has 0 spiro atoms. The second kappa shape index (κ2) is 5.01. The lowest BCUT2D eigenvalue weighted by Gasteiger charge is -2.01. The van der Waals surface area contributed by atoms with Crippen LogP contribution in [0.5, 0.6) is 0 Å². The monoisotopic (exact) mass is 243 g/mol. The molecule has 1 aromatic heterocycles. The molecule has 0 saturated heterocycles. The summed E-state index contributed by atoms with van der Waals surface area (Å²) in [5, 5.41) is 2.83. The predicted molar refractivity (Wildman–Crippen MR) is 63.5 cm³/mol. The molecule has 0 radical (unpaired) electrons. The van der Waals surface area contributed by atoms with Gasteiger partial charge in [0, 0.05) is 30.0 Å². The van der Waals surface area contributed by atoms with Crippen LogP contribution >= 0.6 is 23.1 Å². The van der Waals surface area contributed by atoms with E-state index in [1.807, 2.05) is 17.8 Å². The molecule has 1 N–H and O–H groups in total. The molecule has 1 aliphatic heterocycles. The first-order valence-electron chi connectivity index (χ1n) is 4.77. The van der Waals surface area contributed by atoms with E-state index in [1.54, 1.807) is 18.4 Å². The number of hydrogen-bond acceptors (Lipinski definition) is 4. The fraction of sp³-hybridized carbons (Fsp3) is 0.500. The van der Waals surface area contributed by atoms with Crippen LogP contribution in [0, 0.1) is 0 Å². The highest BCUT2D eigenvalue weighted by Gasteiger charge is 2.18. The van der Waals surface area contributed by atoms with Crippen molar-refractivity contribution in [3.05, 3.63) is 21.4 Å². The van der Waals surface area contributed by atoms with Crippen LogP contribution in [0.4, 0.5) is 0 Å². The number of ether oxygens (including phenoxy) is 1. The molecular formula is C10H13NO2S2. The van der Waals surface area contributed by atoms with Gasteiger partial charge >= 0.3 is 0 Å². The van der Waals surface area contributed by atoms with Crippen molar-refractivity contribution >= 4 is 29.0 Å². The minimum absolute atomic E-state index is 0.0245. The molecule has 82 valence electrons. The van der Waals surface area contributed by atoms with E-state index in [0.29, 0.717) is 13.2 Å². The summed E-state index contributed by atoms with van der Waals surface area (Å²) in [6.07, 6.45) is 0. The van der Waals surface area contributed by atoms with Crippen LogP contribution < -0.4 is 5.32 Å². The van der Waals surface area contributed by atoms with Crippen molar-refractivity contribution in [2.24, 2.45) is 0 Å². The molecule has 2 rings (SSSR count). The molecule has 0 fully saturated rings. The van der Waals surface area contributed by atoms with Gasteiger partial charge in [-0.2, -0.15) is 11.8 Å². The quantitative estimate of drug-likeness (QED) is 0.820. The van der Waals surface area contributed by atoms with Gasteiger partial charge in [0.25, 0.3) is 5.91 Å². The van der Waals surface area contributed by atoms with Crippen LogP contribution in [0.2, 0.25) is 0 Å². The molecule has 1 amide bonds. The van der Waals surface area contributed by atoms with Gasteiger partial charge in [0.2, 0.25) is 0 Å². The Morgan fingerprint density at radius 1 is 1.60 bits per heavy atom. The summed E-state index contributed by atoms with van der Waals surface area (Å²) in [7, 11) is 1.63. The van der Waals surface area contributed by atoms with E-state index in [-0.39, 0.29) is 5.91 Å². The molecule has 3 nitrogen and oxygen atoms in total. The second-order valence-corrected chi connectivity index (χ2v) is 5.42. The van der Waals surface area contributed by atoms with Gasteiger partial charge in [0.1, 0.15) is 0 Å². The molecule has 0 aliphatic carbocycles. The van der Waals surface area contributed by atoms with Gasteiger partial charge < -0.3 is 10.1 Å². The normalized spacial score (nSPS) is 13.9. The van der Waals surface area contributed by atoms with Crippen LogP contribution in [0.15, 0.2) is 6.07 Å². The van der Waals surface area contributed by atoms with E-state index in [1.165, 1.54) is 10.4 Å². The fourth-order valence-corrected chi connectivity index (χ4v) is 3.85. The van der Waals surface area contributed by atoms with Gasteiger partial charge in [-0.05, 0) is 11.6 Å². The molecular weight excluding hydrogens is 230 g/mol. The standard InChI is InChI=1S/C10H13NO2S2/c1-13-3-2-11-10(12)8-4-7-5-14-6-9(7)15-8/h4H,2-3,5-6H2,1H3,(H,11,12). The molecule has 1 aromatic rings. The lowest BCUT2D eigenvalue weighted by atomic mass is 10.3. The number of rotatable bonds is 4. The lowest BCUT2D eigenvalue weighted by Crippen LogP contribution is -2.26. The Kier molecular flexibility index (Phi) is 3.66. The smallest absolute Gasteiger partial charge is 0.261 e. The summed E-state index contributed by atoms with van der Waals surface area (Å²) >= 11 is 3.52. The lowest BCUT2D eigenvalue weighted by molar-refractivity contribution is 0.0941. The Hall–Kier alpha value is -0.520. The van der Waals surface area contributed by atoms with E-state index in [0.717, 1.165) is 16.4 Å². The number of hydrogen-bond donors (Lipinski definition) is 1. The van der Waals surface area contributed by atoms with Crippen LogP contribution in [-0.4, -0.2) is 26.2 Å². The molecule has 1 aliphatic rings.